The van der Waals surface area contributed by atoms with E-state index in [1.165, 1.54) is 69.9 Å². The fraction of sp³-hybridized carbons (Fsp3) is 0.704. The Kier molecular flexibility index (Phi) is 13.5. The minimum atomic E-state index is -0.403. The maximum absolute atomic E-state index is 12.6. The van der Waals surface area contributed by atoms with E-state index in [1.54, 1.807) is 11.0 Å². The highest BCUT2D eigenvalue weighted by Gasteiger charge is 2.33. The Balaban J connectivity index is 1.55. The first kappa shape index (κ1) is 28.0. The van der Waals surface area contributed by atoms with Crippen molar-refractivity contribution in [3.8, 4) is 11.5 Å². The van der Waals surface area contributed by atoms with Crippen LogP contribution in [0, 0.1) is 0 Å². The van der Waals surface area contributed by atoms with E-state index in [0.29, 0.717) is 25.9 Å². The molecule has 0 aromatic heterocycles. The number of phenolic OH excluding ortho intramolecular Hbond substituents is 2. The maximum atomic E-state index is 12.6. The van der Waals surface area contributed by atoms with Crippen molar-refractivity contribution in [2.75, 3.05) is 26.2 Å². The summed E-state index contributed by atoms with van der Waals surface area (Å²) < 4.78 is 0. The number of hydrogen-bond acceptors (Lipinski definition) is 5. The molecule has 1 aliphatic rings. The van der Waals surface area contributed by atoms with Gasteiger partial charge in [0.15, 0.2) is 11.5 Å². The monoisotopic (exact) mass is 475 g/mol. The van der Waals surface area contributed by atoms with Crippen molar-refractivity contribution in [3.05, 3.63) is 23.8 Å². The normalized spacial score (nSPS) is 15.6. The predicted molar refractivity (Wildman–Crippen MR) is 136 cm³/mol. The highest BCUT2D eigenvalue weighted by atomic mass is 16.3. The van der Waals surface area contributed by atoms with Gasteiger partial charge in [0.2, 0.25) is 11.8 Å². The van der Waals surface area contributed by atoms with Crippen LogP contribution >= 0.6 is 0 Å². The second kappa shape index (κ2) is 16.4. The number of likely N-dealkylation sites (tertiary alicyclic amines) is 1. The van der Waals surface area contributed by atoms with Crippen LogP contribution in [-0.4, -0.2) is 59.1 Å². The molecule has 34 heavy (non-hydrogen) atoms. The number of carbonyl (C=O) groups excluding carboxylic acids is 2. The van der Waals surface area contributed by atoms with Crippen molar-refractivity contribution in [1.82, 2.24) is 15.5 Å². The number of rotatable bonds is 17. The summed E-state index contributed by atoms with van der Waals surface area (Å²) in [7, 11) is 0. The second-order valence-corrected chi connectivity index (χ2v) is 9.47. The third-order valence-corrected chi connectivity index (χ3v) is 6.61. The summed E-state index contributed by atoms with van der Waals surface area (Å²) in [6.45, 7) is 4.42. The van der Waals surface area contributed by atoms with Gasteiger partial charge in [0.25, 0.3) is 0 Å². The lowest BCUT2D eigenvalue weighted by molar-refractivity contribution is -0.137. The number of hydrogen-bond donors (Lipinski definition) is 4. The van der Waals surface area contributed by atoms with Crippen LogP contribution in [0.5, 0.6) is 11.5 Å². The fourth-order valence-electron chi connectivity index (χ4n) is 4.54. The molecule has 0 unspecified atom stereocenters. The van der Waals surface area contributed by atoms with Crippen LogP contribution in [0.25, 0.3) is 0 Å². The number of phenols is 2. The molecular formula is C27H45N3O4. The van der Waals surface area contributed by atoms with E-state index in [2.05, 4.69) is 17.6 Å². The number of unbranched alkanes of at least 4 members (excludes halogenated alkanes) is 9. The van der Waals surface area contributed by atoms with Crippen molar-refractivity contribution in [3.63, 3.8) is 0 Å². The summed E-state index contributed by atoms with van der Waals surface area (Å²) in [6, 6.07) is 4.24. The van der Waals surface area contributed by atoms with Gasteiger partial charge in [0, 0.05) is 13.1 Å². The van der Waals surface area contributed by atoms with Crippen LogP contribution in [0.1, 0.15) is 89.5 Å². The molecule has 0 saturated carbocycles. The van der Waals surface area contributed by atoms with Gasteiger partial charge in [-0.25, -0.2) is 0 Å². The third-order valence-electron chi connectivity index (χ3n) is 6.61. The zero-order chi connectivity index (χ0) is 24.6. The molecule has 7 heteroatoms. The van der Waals surface area contributed by atoms with Gasteiger partial charge in [0.1, 0.15) is 6.04 Å². The van der Waals surface area contributed by atoms with Crippen molar-refractivity contribution in [1.29, 1.82) is 0 Å². The zero-order valence-corrected chi connectivity index (χ0v) is 21.0. The molecule has 1 atom stereocenters. The number of aromatic hydroxyl groups is 2. The number of nitrogens with zero attached hydrogens (tertiary/aromatic N) is 1. The summed E-state index contributed by atoms with van der Waals surface area (Å²) in [6.07, 6.45) is 15.0. The van der Waals surface area contributed by atoms with Gasteiger partial charge in [-0.1, -0.05) is 70.8 Å². The summed E-state index contributed by atoms with van der Waals surface area (Å²) in [4.78, 5) is 27.0. The lowest BCUT2D eigenvalue weighted by Gasteiger charge is -2.24. The molecule has 2 rings (SSSR count). The van der Waals surface area contributed by atoms with E-state index in [1.807, 2.05) is 0 Å². The molecule has 1 aromatic rings. The van der Waals surface area contributed by atoms with Crippen molar-refractivity contribution in [2.24, 2.45) is 0 Å². The molecule has 2 amide bonds. The van der Waals surface area contributed by atoms with Gasteiger partial charge in [-0.15, -0.1) is 0 Å². The van der Waals surface area contributed by atoms with Crippen LogP contribution in [-0.2, 0) is 16.0 Å². The summed E-state index contributed by atoms with van der Waals surface area (Å²) in [5.74, 6) is -0.451. The van der Waals surface area contributed by atoms with Crippen LogP contribution in [0.3, 0.4) is 0 Å². The molecule has 0 aliphatic carbocycles. The number of amides is 2. The smallest absolute Gasteiger partial charge is 0.242 e. The van der Waals surface area contributed by atoms with Gasteiger partial charge in [-0.05, 0) is 49.9 Å². The Morgan fingerprint density at radius 3 is 2.29 bits per heavy atom. The number of carbonyl (C=O) groups is 2. The lowest BCUT2D eigenvalue weighted by Crippen LogP contribution is -2.48. The molecular weight excluding hydrogens is 430 g/mol. The number of benzene rings is 1. The van der Waals surface area contributed by atoms with Crippen LogP contribution in [0.15, 0.2) is 18.2 Å². The van der Waals surface area contributed by atoms with Gasteiger partial charge in [-0.3, -0.25) is 9.59 Å². The predicted octanol–water partition coefficient (Wildman–Crippen LogP) is 4.26. The van der Waals surface area contributed by atoms with Crippen molar-refractivity contribution in [2.45, 2.75) is 96.4 Å². The SMILES string of the molecule is CCCCCCCCCCCCNCC(=O)N1CCC[C@H]1C(=O)NCCc1ccc(O)c(O)c1. The van der Waals surface area contributed by atoms with Gasteiger partial charge < -0.3 is 25.7 Å². The van der Waals surface area contributed by atoms with Gasteiger partial charge >= 0.3 is 0 Å². The molecule has 0 radical (unpaired) electrons. The Morgan fingerprint density at radius 2 is 1.62 bits per heavy atom. The molecule has 1 saturated heterocycles. The average Bonchev–Trinajstić information content (AvgIpc) is 3.32. The maximum Gasteiger partial charge on any atom is 0.242 e. The Bertz CT molecular complexity index is 741. The van der Waals surface area contributed by atoms with Crippen LogP contribution in [0.4, 0.5) is 0 Å². The van der Waals surface area contributed by atoms with Crippen LogP contribution < -0.4 is 10.6 Å². The van der Waals surface area contributed by atoms with Crippen molar-refractivity contribution < 1.29 is 19.8 Å². The average molecular weight is 476 g/mol. The molecule has 0 spiro atoms. The van der Waals surface area contributed by atoms with Crippen LogP contribution in [0.2, 0.25) is 0 Å². The molecule has 1 heterocycles. The Labute approximate surface area is 205 Å². The first-order chi connectivity index (χ1) is 16.5. The zero-order valence-electron chi connectivity index (χ0n) is 21.0. The first-order valence-corrected chi connectivity index (χ1v) is 13.3. The second-order valence-electron chi connectivity index (χ2n) is 9.47. The molecule has 192 valence electrons. The Morgan fingerprint density at radius 1 is 0.941 bits per heavy atom. The standard InChI is InChI=1S/C27H45N3O4/c1-2-3-4-5-6-7-8-9-10-11-17-28-21-26(33)30-19-12-13-23(30)27(34)29-18-16-22-14-15-24(31)25(32)20-22/h14-15,20,23,28,31-32H,2-13,16-19,21H2,1H3,(H,29,34)/t23-/m0/s1. The number of nitrogens with one attached hydrogen (secondary N) is 2. The topological polar surface area (TPSA) is 102 Å². The van der Waals surface area contributed by atoms with Gasteiger partial charge in [-0.2, -0.15) is 0 Å². The molecule has 1 fully saturated rings. The highest BCUT2D eigenvalue weighted by molar-refractivity contribution is 5.88. The van der Waals surface area contributed by atoms with E-state index in [0.717, 1.165) is 24.9 Å². The lowest BCUT2D eigenvalue weighted by atomic mass is 10.1. The third kappa shape index (κ3) is 10.3. The molecule has 1 aromatic carbocycles. The van der Waals surface area contributed by atoms with E-state index >= 15 is 0 Å². The quantitative estimate of drug-likeness (QED) is 0.199. The minimum Gasteiger partial charge on any atom is -0.504 e. The molecule has 1 aliphatic heterocycles. The highest BCUT2D eigenvalue weighted by Crippen LogP contribution is 2.25. The minimum absolute atomic E-state index is 0.00631. The molecule has 4 N–H and O–H groups in total. The van der Waals surface area contributed by atoms with E-state index in [9.17, 15) is 19.8 Å². The molecule has 7 nitrogen and oxygen atoms in total. The summed E-state index contributed by atoms with van der Waals surface area (Å²) in [5.41, 5.74) is 0.825. The fourth-order valence-corrected chi connectivity index (χ4v) is 4.54. The summed E-state index contributed by atoms with van der Waals surface area (Å²) in [5, 5.41) is 25.1. The van der Waals surface area contributed by atoms with E-state index < -0.39 is 6.04 Å². The largest absolute Gasteiger partial charge is 0.504 e. The van der Waals surface area contributed by atoms with Gasteiger partial charge in [0.05, 0.1) is 6.54 Å². The summed E-state index contributed by atoms with van der Waals surface area (Å²) >= 11 is 0. The first-order valence-electron chi connectivity index (χ1n) is 13.3. The Hall–Kier alpha value is -2.28. The molecule has 0 bridgehead atoms. The van der Waals surface area contributed by atoms with Crippen molar-refractivity contribution >= 4 is 11.8 Å². The van der Waals surface area contributed by atoms with E-state index in [-0.39, 0.29) is 29.9 Å². The van der Waals surface area contributed by atoms with E-state index in [4.69, 9.17) is 0 Å².